The van der Waals surface area contributed by atoms with Gasteiger partial charge in [-0.25, -0.2) is 9.59 Å². The maximum absolute atomic E-state index is 12.8. The van der Waals surface area contributed by atoms with Crippen LogP contribution in [0.25, 0.3) is 11.1 Å². The zero-order valence-electron chi connectivity index (χ0n) is 18.4. The van der Waals surface area contributed by atoms with Crippen LogP contribution >= 0.6 is 0 Å². The van der Waals surface area contributed by atoms with Crippen LogP contribution in [0.15, 0.2) is 48.5 Å². The van der Waals surface area contributed by atoms with E-state index in [1.165, 1.54) is 14.2 Å². The first-order chi connectivity index (χ1) is 15.4. The number of carboxylic acids is 1. The van der Waals surface area contributed by atoms with E-state index >= 15 is 0 Å². The number of methoxy groups -OCH3 is 1. The van der Waals surface area contributed by atoms with Crippen LogP contribution < -0.4 is 5.32 Å². The summed E-state index contributed by atoms with van der Waals surface area (Å²) >= 11 is 0. The van der Waals surface area contributed by atoms with Gasteiger partial charge in [-0.15, -0.1) is 0 Å². The van der Waals surface area contributed by atoms with Crippen LogP contribution in [0.1, 0.15) is 30.4 Å². The number of nitrogens with one attached hydrogen (secondary N) is 1. The number of likely N-dealkylation sites (N-methyl/N-ethyl adjacent to an activating group) is 1. The number of hydrogen-bond acceptors (Lipinski definition) is 5. The quantitative estimate of drug-likeness (QED) is 0.621. The van der Waals surface area contributed by atoms with Crippen LogP contribution in [-0.4, -0.2) is 67.4 Å². The molecule has 0 aliphatic heterocycles. The number of ether oxygens (including phenoxy) is 2. The maximum atomic E-state index is 12.8. The number of carbonyl (C=O) groups excluding carboxylic acids is 2. The van der Waals surface area contributed by atoms with Crippen LogP contribution in [0.5, 0.6) is 0 Å². The molecule has 8 nitrogen and oxygen atoms in total. The molecule has 2 unspecified atom stereocenters. The fraction of sp³-hybridized carbons (Fsp3) is 0.375. The SMILES string of the molecule is CCC(C(=O)O)N(C)C(=O)C(COC)NC(=O)OCC1c2ccccc2-c2ccccc21. The van der Waals surface area contributed by atoms with Crippen LogP contribution in [0.2, 0.25) is 0 Å². The molecule has 2 amide bonds. The van der Waals surface area contributed by atoms with Gasteiger partial charge in [0.15, 0.2) is 0 Å². The Morgan fingerprint density at radius 1 is 1.06 bits per heavy atom. The standard InChI is InChI=1S/C24H28N2O6/c1-4-21(23(28)29)26(2)22(27)20(14-31-3)25-24(30)32-13-19-17-11-7-5-9-15(17)16-10-6-8-12-18(16)19/h5-12,19-21H,4,13-14H2,1-3H3,(H,25,30)(H,28,29). The number of fused-ring (bicyclic) bond motifs is 3. The minimum absolute atomic E-state index is 0.107. The predicted molar refractivity (Wildman–Crippen MR) is 118 cm³/mol. The normalized spacial score (nSPS) is 14.1. The molecule has 0 fully saturated rings. The molecule has 0 saturated carbocycles. The molecule has 1 aliphatic carbocycles. The first-order valence-electron chi connectivity index (χ1n) is 10.5. The van der Waals surface area contributed by atoms with Crippen molar-refractivity contribution in [3.05, 3.63) is 59.7 Å². The summed E-state index contributed by atoms with van der Waals surface area (Å²) in [5, 5.41) is 11.8. The molecule has 2 aromatic carbocycles. The highest BCUT2D eigenvalue weighted by atomic mass is 16.5. The van der Waals surface area contributed by atoms with Crippen LogP contribution in [0.3, 0.4) is 0 Å². The topological polar surface area (TPSA) is 105 Å². The van der Waals surface area contributed by atoms with Gasteiger partial charge in [0.1, 0.15) is 18.7 Å². The van der Waals surface area contributed by atoms with Crippen molar-refractivity contribution in [2.45, 2.75) is 31.3 Å². The van der Waals surface area contributed by atoms with Crippen LogP contribution in [-0.2, 0) is 19.1 Å². The summed E-state index contributed by atoms with van der Waals surface area (Å²) in [5.74, 6) is -1.78. The Kier molecular flexibility index (Phi) is 7.48. The van der Waals surface area contributed by atoms with Gasteiger partial charge in [0.25, 0.3) is 0 Å². The van der Waals surface area contributed by atoms with Gasteiger partial charge in [-0.05, 0) is 28.7 Å². The molecule has 170 valence electrons. The second-order valence-corrected chi connectivity index (χ2v) is 7.69. The van der Waals surface area contributed by atoms with Gasteiger partial charge in [-0.2, -0.15) is 0 Å². The smallest absolute Gasteiger partial charge is 0.407 e. The van der Waals surface area contributed by atoms with E-state index in [0.29, 0.717) is 0 Å². The molecule has 2 N–H and O–H groups in total. The van der Waals surface area contributed by atoms with Crippen molar-refractivity contribution < 1.29 is 29.0 Å². The Morgan fingerprint density at radius 2 is 1.62 bits per heavy atom. The molecule has 0 spiro atoms. The molecule has 32 heavy (non-hydrogen) atoms. The highest BCUT2D eigenvalue weighted by molar-refractivity contribution is 5.89. The minimum atomic E-state index is -1.11. The van der Waals surface area contributed by atoms with Gasteiger partial charge >= 0.3 is 12.1 Å². The summed E-state index contributed by atoms with van der Waals surface area (Å²) in [5.41, 5.74) is 4.40. The van der Waals surface area contributed by atoms with E-state index in [2.05, 4.69) is 5.32 Å². The molecule has 2 aromatic rings. The average molecular weight is 440 g/mol. The highest BCUT2D eigenvalue weighted by Gasteiger charge is 2.32. The minimum Gasteiger partial charge on any atom is -0.480 e. The molecular formula is C24H28N2O6. The van der Waals surface area contributed by atoms with Crippen molar-refractivity contribution >= 4 is 18.0 Å². The van der Waals surface area contributed by atoms with Crippen LogP contribution in [0, 0.1) is 0 Å². The van der Waals surface area contributed by atoms with Gasteiger partial charge in [0.05, 0.1) is 6.61 Å². The second kappa shape index (κ2) is 10.3. The summed E-state index contributed by atoms with van der Waals surface area (Å²) in [7, 11) is 2.79. The summed E-state index contributed by atoms with van der Waals surface area (Å²) in [4.78, 5) is 37.8. The van der Waals surface area contributed by atoms with Gasteiger partial charge in [0, 0.05) is 20.1 Å². The lowest BCUT2D eigenvalue weighted by atomic mass is 9.98. The third-order valence-electron chi connectivity index (χ3n) is 5.75. The number of benzene rings is 2. The molecule has 8 heteroatoms. The van der Waals surface area contributed by atoms with Crippen molar-refractivity contribution in [2.24, 2.45) is 0 Å². The second-order valence-electron chi connectivity index (χ2n) is 7.69. The van der Waals surface area contributed by atoms with E-state index < -0.39 is 30.1 Å². The van der Waals surface area contributed by atoms with E-state index in [-0.39, 0.29) is 25.6 Å². The Hall–Kier alpha value is -3.39. The Bertz CT molecular complexity index is 946. The van der Waals surface area contributed by atoms with Crippen molar-refractivity contribution in [1.29, 1.82) is 0 Å². The lowest BCUT2D eigenvalue weighted by Crippen LogP contribution is -2.54. The van der Waals surface area contributed by atoms with E-state index in [0.717, 1.165) is 27.2 Å². The molecule has 2 atom stereocenters. The van der Waals surface area contributed by atoms with E-state index in [9.17, 15) is 19.5 Å². The van der Waals surface area contributed by atoms with Crippen molar-refractivity contribution in [3.8, 4) is 11.1 Å². The van der Waals surface area contributed by atoms with Crippen molar-refractivity contribution in [1.82, 2.24) is 10.2 Å². The largest absolute Gasteiger partial charge is 0.480 e. The predicted octanol–water partition coefficient (Wildman–Crippen LogP) is 2.86. The number of amides is 2. The molecule has 1 aliphatic rings. The summed E-state index contributed by atoms with van der Waals surface area (Å²) < 4.78 is 10.5. The first-order valence-corrected chi connectivity index (χ1v) is 10.5. The zero-order chi connectivity index (χ0) is 23.3. The lowest BCUT2D eigenvalue weighted by Gasteiger charge is -2.28. The van der Waals surface area contributed by atoms with Gasteiger partial charge in [-0.1, -0.05) is 55.5 Å². The number of alkyl carbamates (subject to hydrolysis) is 1. The van der Waals surface area contributed by atoms with Gasteiger partial charge in [-0.3, -0.25) is 4.79 Å². The number of nitrogens with zero attached hydrogens (tertiary/aromatic N) is 1. The molecule has 3 rings (SSSR count). The zero-order valence-corrected chi connectivity index (χ0v) is 18.4. The van der Waals surface area contributed by atoms with Gasteiger partial charge < -0.3 is 24.8 Å². The molecule has 0 bridgehead atoms. The Labute approximate surface area is 187 Å². The maximum Gasteiger partial charge on any atom is 0.407 e. The first kappa shape index (κ1) is 23.3. The number of hydrogen-bond donors (Lipinski definition) is 2. The van der Waals surface area contributed by atoms with Crippen LogP contribution in [0.4, 0.5) is 4.79 Å². The monoisotopic (exact) mass is 440 g/mol. The van der Waals surface area contributed by atoms with E-state index in [4.69, 9.17) is 9.47 Å². The third kappa shape index (κ3) is 4.75. The summed E-state index contributed by atoms with van der Waals surface area (Å²) in [6, 6.07) is 13.9. The van der Waals surface area contributed by atoms with Gasteiger partial charge in [0.2, 0.25) is 5.91 Å². The fourth-order valence-corrected chi connectivity index (χ4v) is 4.14. The molecule has 0 heterocycles. The number of rotatable bonds is 9. The fourth-order valence-electron chi connectivity index (χ4n) is 4.14. The summed E-state index contributed by atoms with van der Waals surface area (Å²) in [6.07, 6.45) is -0.526. The third-order valence-corrected chi connectivity index (χ3v) is 5.75. The summed E-state index contributed by atoms with van der Waals surface area (Å²) in [6.45, 7) is 1.67. The number of carboxylic acid groups (broad SMARTS) is 1. The van der Waals surface area contributed by atoms with E-state index in [1.54, 1.807) is 6.92 Å². The molecule has 0 aromatic heterocycles. The van der Waals surface area contributed by atoms with E-state index in [1.807, 2.05) is 48.5 Å². The highest BCUT2D eigenvalue weighted by Crippen LogP contribution is 2.44. The van der Waals surface area contributed by atoms with Crippen molar-refractivity contribution in [2.75, 3.05) is 27.4 Å². The average Bonchev–Trinajstić information content (AvgIpc) is 3.11. The number of carbonyl (C=O) groups is 3. The van der Waals surface area contributed by atoms with Crippen molar-refractivity contribution in [3.63, 3.8) is 0 Å². The Morgan fingerprint density at radius 3 is 2.12 bits per heavy atom. The molecule has 0 saturated heterocycles. The lowest BCUT2D eigenvalue weighted by molar-refractivity contribution is -0.150. The number of aliphatic carboxylic acids is 1. The Balaban J connectivity index is 1.68. The molecule has 0 radical (unpaired) electrons. The molecular weight excluding hydrogens is 412 g/mol.